The molecule has 0 aromatic heterocycles. The van der Waals surface area contributed by atoms with E-state index in [9.17, 15) is 4.79 Å². The van der Waals surface area contributed by atoms with E-state index in [1.54, 1.807) is 0 Å². The largest absolute Gasteiger partial charge is 0.392 e. The topological polar surface area (TPSA) is 49.3 Å². The lowest BCUT2D eigenvalue weighted by Gasteiger charge is -2.24. The van der Waals surface area contributed by atoms with Crippen LogP contribution < -0.4 is 5.32 Å². The molecule has 1 saturated carbocycles. The molecule has 2 rings (SSSR count). The van der Waals surface area contributed by atoms with Crippen molar-refractivity contribution in [3.8, 4) is 0 Å². The van der Waals surface area contributed by atoms with Gasteiger partial charge >= 0.3 is 0 Å². The van der Waals surface area contributed by atoms with Crippen molar-refractivity contribution in [3.05, 3.63) is 29.8 Å². The number of anilines is 1. The van der Waals surface area contributed by atoms with E-state index in [1.807, 2.05) is 24.3 Å². The van der Waals surface area contributed by atoms with Gasteiger partial charge in [-0.05, 0) is 18.9 Å². The Kier molecular flexibility index (Phi) is 3.02. The van der Waals surface area contributed by atoms with E-state index in [0.717, 1.165) is 30.5 Å². The molecule has 0 unspecified atom stereocenters. The first kappa shape index (κ1) is 10.2. The van der Waals surface area contributed by atoms with Gasteiger partial charge in [-0.15, -0.1) is 0 Å². The highest BCUT2D eigenvalue weighted by Crippen LogP contribution is 2.28. The molecule has 3 heteroatoms. The summed E-state index contributed by atoms with van der Waals surface area (Å²) in [5, 5.41) is 12.0. The Morgan fingerprint density at radius 1 is 1.40 bits per heavy atom. The van der Waals surface area contributed by atoms with Crippen LogP contribution in [0.15, 0.2) is 24.3 Å². The minimum atomic E-state index is -0.0406. The summed E-state index contributed by atoms with van der Waals surface area (Å²) >= 11 is 0. The number of nitrogens with one attached hydrogen (secondary N) is 1. The summed E-state index contributed by atoms with van der Waals surface area (Å²) in [7, 11) is 0. The van der Waals surface area contributed by atoms with E-state index in [1.165, 1.54) is 0 Å². The van der Waals surface area contributed by atoms with Crippen molar-refractivity contribution in [2.75, 3.05) is 5.32 Å². The second-order valence-corrected chi connectivity index (χ2v) is 3.93. The molecule has 1 amide bonds. The van der Waals surface area contributed by atoms with E-state index in [4.69, 9.17) is 5.11 Å². The number of rotatable bonds is 3. The Morgan fingerprint density at radius 3 is 2.73 bits per heavy atom. The van der Waals surface area contributed by atoms with Gasteiger partial charge in [-0.25, -0.2) is 0 Å². The van der Waals surface area contributed by atoms with Gasteiger partial charge in [-0.2, -0.15) is 0 Å². The van der Waals surface area contributed by atoms with E-state index in [2.05, 4.69) is 5.32 Å². The zero-order valence-electron chi connectivity index (χ0n) is 8.57. The standard InChI is InChI=1S/C12H15NO2/c14-8-10-4-1-2-7-11(10)13-12(15)9-5-3-6-9/h1-2,4,7,9,14H,3,5-6,8H2,(H,13,15). The van der Waals surface area contributed by atoms with Crippen LogP contribution in [0.25, 0.3) is 0 Å². The van der Waals surface area contributed by atoms with Crippen LogP contribution in [0.1, 0.15) is 24.8 Å². The number of amides is 1. The second kappa shape index (κ2) is 4.45. The van der Waals surface area contributed by atoms with Crippen molar-refractivity contribution in [2.45, 2.75) is 25.9 Å². The highest BCUT2D eigenvalue weighted by molar-refractivity contribution is 5.93. The van der Waals surface area contributed by atoms with E-state index >= 15 is 0 Å². The fourth-order valence-corrected chi connectivity index (χ4v) is 1.69. The van der Waals surface area contributed by atoms with Crippen molar-refractivity contribution >= 4 is 11.6 Å². The molecule has 0 saturated heterocycles. The maximum atomic E-state index is 11.7. The van der Waals surface area contributed by atoms with Gasteiger partial charge in [0.15, 0.2) is 0 Å². The Balaban J connectivity index is 2.05. The molecule has 0 bridgehead atoms. The van der Waals surface area contributed by atoms with Crippen molar-refractivity contribution in [1.29, 1.82) is 0 Å². The van der Waals surface area contributed by atoms with Crippen LogP contribution in [-0.2, 0) is 11.4 Å². The fourth-order valence-electron chi connectivity index (χ4n) is 1.69. The Morgan fingerprint density at radius 2 is 2.13 bits per heavy atom. The first-order chi connectivity index (χ1) is 7.31. The third kappa shape index (κ3) is 2.18. The lowest BCUT2D eigenvalue weighted by molar-refractivity contribution is -0.122. The molecule has 15 heavy (non-hydrogen) atoms. The summed E-state index contributed by atoms with van der Waals surface area (Å²) in [5.41, 5.74) is 1.50. The molecular formula is C12H15NO2. The highest BCUT2D eigenvalue weighted by atomic mass is 16.3. The lowest BCUT2D eigenvalue weighted by atomic mass is 9.85. The van der Waals surface area contributed by atoms with Crippen LogP contribution in [0.2, 0.25) is 0 Å². The predicted octanol–water partition coefficient (Wildman–Crippen LogP) is 1.92. The van der Waals surface area contributed by atoms with Crippen LogP contribution in [-0.4, -0.2) is 11.0 Å². The molecule has 0 aliphatic heterocycles. The molecular weight excluding hydrogens is 190 g/mol. The second-order valence-electron chi connectivity index (χ2n) is 3.93. The quantitative estimate of drug-likeness (QED) is 0.792. The van der Waals surface area contributed by atoms with Gasteiger partial charge in [0, 0.05) is 17.2 Å². The zero-order valence-corrected chi connectivity index (χ0v) is 8.57. The van der Waals surface area contributed by atoms with Crippen LogP contribution in [0.3, 0.4) is 0 Å². The number of aliphatic hydroxyl groups excluding tert-OH is 1. The summed E-state index contributed by atoms with van der Waals surface area (Å²) in [6, 6.07) is 7.35. The van der Waals surface area contributed by atoms with Crippen LogP contribution in [0.5, 0.6) is 0 Å². The van der Waals surface area contributed by atoms with Gasteiger partial charge in [-0.1, -0.05) is 24.6 Å². The first-order valence-corrected chi connectivity index (χ1v) is 5.31. The van der Waals surface area contributed by atoms with Gasteiger partial charge in [0.05, 0.1) is 6.61 Å². The molecule has 0 atom stereocenters. The molecule has 3 nitrogen and oxygen atoms in total. The lowest BCUT2D eigenvalue weighted by Crippen LogP contribution is -2.28. The molecule has 0 spiro atoms. The molecule has 2 N–H and O–H groups in total. The maximum Gasteiger partial charge on any atom is 0.227 e. The van der Waals surface area contributed by atoms with Crippen molar-refractivity contribution < 1.29 is 9.90 Å². The third-order valence-electron chi connectivity index (χ3n) is 2.92. The molecule has 1 fully saturated rings. The van der Waals surface area contributed by atoms with Gasteiger partial charge in [-0.3, -0.25) is 4.79 Å². The number of carbonyl (C=O) groups excluding carboxylic acids is 1. The average Bonchev–Trinajstić information content (AvgIpc) is 2.15. The zero-order chi connectivity index (χ0) is 10.7. The van der Waals surface area contributed by atoms with Crippen LogP contribution in [0.4, 0.5) is 5.69 Å². The average molecular weight is 205 g/mol. The Labute approximate surface area is 89.1 Å². The van der Waals surface area contributed by atoms with Crippen molar-refractivity contribution in [3.63, 3.8) is 0 Å². The molecule has 0 heterocycles. The van der Waals surface area contributed by atoms with E-state index in [-0.39, 0.29) is 18.4 Å². The Bertz CT molecular complexity index is 358. The summed E-state index contributed by atoms with van der Waals surface area (Å²) in [5.74, 6) is 0.263. The number of aliphatic hydroxyl groups is 1. The van der Waals surface area contributed by atoms with E-state index < -0.39 is 0 Å². The third-order valence-corrected chi connectivity index (χ3v) is 2.92. The van der Waals surface area contributed by atoms with Crippen molar-refractivity contribution in [2.24, 2.45) is 5.92 Å². The first-order valence-electron chi connectivity index (χ1n) is 5.31. The molecule has 0 radical (unpaired) electrons. The molecule has 1 aromatic carbocycles. The molecule has 1 aromatic rings. The van der Waals surface area contributed by atoms with Gasteiger partial charge in [0.1, 0.15) is 0 Å². The van der Waals surface area contributed by atoms with Gasteiger partial charge in [0.2, 0.25) is 5.91 Å². The number of carbonyl (C=O) groups is 1. The smallest absolute Gasteiger partial charge is 0.227 e. The monoisotopic (exact) mass is 205 g/mol. The highest BCUT2D eigenvalue weighted by Gasteiger charge is 2.25. The number of hydrogen-bond acceptors (Lipinski definition) is 2. The number of hydrogen-bond donors (Lipinski definition) is 2. The summed E-state index contributed by atoms with van der Waals surface area (Å²) < 4.78 is 0. The van der Waals surface area contributed by atoms with E-state index in [0.29, 0.717) is 0 Å². The summed E-state index contributed by atoms with van der Waals surface area (Å²) in [6.45, 7) is -0.0406. The predicted molar refractivity (Wildman–Crippen MR) is 58.3 cm³/mol. The van der Waals surface area contributed by atoms with Crippen LogP contribution >= 0.6 is 0 Å². The SMILES string of the molecule is O=C(Nc1ccccc1CO)C1CCC1. The van der Waals surface area contributed by atoms with Crippen LogP contribution in [0, 0.1) is 5.92 Å². The van der Waals surface area contributed by atoms with Gasteiger partial charge in [0.25, 0.3) is 0 Å². The van der Waals surface area contributed by atoms with Crippen molar-refractivity contribution in [1.82, 2.24) is 0 Å². The maximum absolute atomic E-state index is 11.7. The normalized spacial score (nSPS) is 15.8. The minimum absolute atomic E-state index is 0.0406. The fraction of sp³-hybridized carbons (Fsp3) is 0.417. The minimum Gasteiger partial charge on any atom is -0.392 e. The summed E-state index contributed by atoms with van der Waals surface area (Å²) in [4.78, 5) is 11.7. The Hall–Kier alpha value is -1.35. The molecule has 1 aliphatic rings. The number of para-hydroxylation sites is 1. The molecule has 80 valence electrons. The van der Waals surface area contributed by atoms with Gasteiger partial charge < -0.3 is 10.4 Å². The molecule has 1 aliphatic carbocycles. The number of benzene rings is 1. The summed E-state index contributed by atoms with van der Waals surface area (Å²) in [6.07, 6.45) is 3.14.